The van der Waals surface area contributed by atoms with E-state index in [4.69, 9.17) is 11.6 Å². The van der Waals surface area contributed by atoms with Gasteiger partial charge in [0.1, 0.15) is 5.82 Å². The van der Waals surface area contributed by atoms with Crippen LogP contribution in [0.1, 0.15) is 11.1 Å². The molecule has 4 nitrogen and oxygen atoms in total. The van der Waals surface area contributed by atoms with Gasteiger partial charge >= 0.3 is 0 Å². The molecule has 1 N–H and O–H groups in total. The summed E-state index contributed by atoms with van der Waals surface area (Å²) in [4.78, 5) is 12.6. The maximum Gasteiger partial charge on any atom is 0.224 e. The third-order valence-electron chi connectivity index (χ3n) is 3.17. The van der Waals surface area contributed by atoms with E-state index in [1.54, 1.807) is 6.20 Å². The van der Waals surface area contributed by atoms with Gasteiger partial charge < -0.3 is 5.32 Å². The molecule has 0 aliphatic heterocycles. The number of pyridine rings is 1. The first-order valence-electron chi connectivity index (χ1n) is 6.29. The van der Waals surface area contributed by atoms with Gasteiger partial charge in [-0.2, -0.15) is 0 Å². The fraction of sp³-hybridized carbons (Fsp3) is 0.133. The van der Waals surface area contributed by atoms with Crippen molar-refractivity contribution in [3.05, 3.63) is 59.1 Å². The van der Waals surface area contributed by atoms with Crippen molar-refractivity contribution >= 4 is 28.3 Å². The summed E-state index contributed by atoms with van der Waals surface area (Å²) < 4.78 is 0. The van der Waals surface area contributed by atoms with Crippen LogP contribution in [0.25, 0.3) is 10.9 Å². The van der Waals surface area contributed by atoms with E-state index in [0.717, 1.165) is 22.3 Å². The molecule has 0 atom stereocenters. The fourth-order valence-electron chi connectivity index (χ4n) is 2.04. The zero-order valence-corrected chi connectivity index (χ0v) is 11.7. The summed E-state index contributed by atoms with van der Waals surface area (Å²) in [7, 11) is 0. The molecule has 0 aliphatic rings. The number of nitrogens with zero attached hydrogens (tertiary/aromatic N) is 3. The number of halogens is 1. The number of nitrogens with one attached hydrogen (secondary N) is 1. The zero-order chi connectivity index (χ0) is 13.9. The second-order valence-corrected chi connectivity index (χ2v) is 4.85. The average molecular weight is 285 g/mol. The number of benzene rings is 1. The Balaban J connectivity index is 1.93. The number of anilines is 1. The molecule has 1 aromatic carbocycles. The van der Waals surface area contributed by atoms with E-state index < -0.39 is 0 Å². The van der Waals surface area contributed by atoms with Crippen LogP contribution < -0.4 is 5.32 Å². The molecule has 0 spiro atoms. The lowest BCUT2D eigenvalue weighted by Gasteiger charge is -2.10. The molecule has 100 valence electrons. The summed E-state index contributed by atoms with van der Waals surface area (Å²) in [5.74, 6) is 0.740. The van der Waals surface area contributed by atoms with E-state index in [2.05, 4.69) is 27.2 Å². The Labute approximate surface area is 121 Å². The highest BCUT2D eigenvalue weighted by Gasteiger charge is 2.06. The second-order valence-electron chi connectivity index (χ2n) is 4.51. The van der Waals surface area contributed by atoms with Crippen LogP contribution in [-0.2, 0) is 6.54 Å². The molecule has 0 bridgehead atoms. The van der Waals surface area contributed by atoms with Gasteiger partial charge in [0.15, 0.2) is 0 Å². The molecule has 20 heavy (non-hydrogen) atoms. The molecular formula is C15H13ClN4. The summed E-state index contributed by atoms with van der Waals surface area (Å²) in [5, 5.41) is 4.51. The lowest BCUT2D eigenvalue weighted by molar-refractivity contribution is 1.06. The highest BCUT2D eigenvalue weighted by Crippen LogP contribution is 2.22. The SMILES string of the molecule is Cc1ccncc1CNc1nc(Cl)nc2ccccc12. The molecule has 0 saturated heterocycles. The standard InChI is InChI=1S/C15H13ClN4/c1-10-6-7-17-8-11(10)9-18-14-12-4-2-3-5-13(12)19-15(16)20-14/h2-8H,9H2,1H3,(H,18,19,20). The Morgan fingerprint density at radius 3 is 2.85 bits per heavy atom. The highest BCUT2D eigenvalue weighted by molar-refractivity contribution is 6.28. The Morgan fingerprint density at radius 1 is 1.15 bits per heavy atom. The van der Waals surface area contributed by atoms with E-state index in [0.29, 0.717) is 6.54 Å². The summed E-state index contributed by atoms with van der Waals surface area (Å²) in [6.07, 6.45) is 3.64. The van der Waals surface area contributed by atoms with Crippen LogP contribution in [0.4, 0.5) is 5.82 Å². The predicted octanol–water partition coefficient (Wildman–Crippen LogP) is 3.60. The van der Waals surface area contributed by atoms with Gasteiger partial charge in [0.2, 0.25) is 5.28 Å². The van der Waals surface area contributed by atoms with Crippen molar-refractivity contribution in [2.75, 3.05) is 5.32 Å². The topological polar surface area (TPSA) is 50.7 Å². The minimum atomic E-state index is 0.245. The van der Waals surface area contributed by atoms with Crippen molar-refractivity contribution in [3.63, 3.8) is 0 Å². The van der Waals surface area contributed by atoms with Gasteiger partial charge in [0.25, 0.3) is 0 Å². The Kier molecular flexibility index (Phi) is 3.48. The molecule has 0 aliphatic carbocycles. The van der Waals surface area contributed by atoms with Crippen LogP contribution in [0.2, 0.25) is 5.28 Å². The number of fused-ring (bicyclic) bond motifs is 1. The van der Waals surface area contributed by atoms with Crippen molar-refractivity contribution in [3.8, 4) is 0 Å². The fourth-order valence-corrected chi connectivity index (χ4v) is 2.22. The molecule has 0 amide bonds. The number of aromatic nitrogens is 3. The smallest absolute Gasteiger partial charge is 0.224 e. The molecular weight excluding hydrogens is 272 g/mol. The maximum atomic E-state index is 5.96. The number of para-hydroxylation sites is 1. The lowest BCUT2D eigenvalue weighted by Crippen LogP contribution is -2.04. The lowest BCUT2D eigenvalue weighted by atomic mass is 10.1. The van der Waals surface area contributed by atoms with Gasteiger partial charge in [-0.25, -0.2) is 9.97 Å². The van der Waals surface area contributed by atoms with E-state index in [9.17, 15) is 0 Å². The Hall–Kier alpha value is -2.20. The maximum absolute atomic E-state index is 5.96. The number of aryl methyl sites for hydroxylation is 1. The predicted molar refractivity (Wildman–Crippen MR) is 80.8 cm³/mol. The van der Waals surface area contributed by atoms with Crippen LogP contribution >= 0.6 is 11.6 Å². The largest absolute Gasteiger partial charge is 0.365 e. The normalized spacial score (nSPS) is 10.7. The highest BCUT2D eigenvalue weighted by atomic mass is 35.5. The number of hydrogen-bond donors (Lipinski definition) is 1. The van der Waals surface area contributed by atoms with E-state index in [1.165, 1.54) is 5.56 Å². The zero-order valence-electron chi connectivity index (χ0n) is 11.0. The van der Waals surface area contributed by atoms with Crippen molar-refractivity contribution < 1.29 is 0 Å². The van der Waals surface area contributed by atoms with Crippen molar-refractivity contribution in [2.45, 2.75) is 13.5 Å². The molecule has 2 heterocycles. The van der Waals surface area contributed by atoms with Crippen molar-refractivity contribution in [1.82, 2.24) is 15.0 Å². The summed E-state index contributed by atoms with van der Waals surface area (Å²) in [6, 6.07) is 9.77. The van der Waals surface area contributed by atoms with Crippen molar-refractivity contribution in [1.29, 1.82) is 0 Å². The van der Waals surface area contributed by atoms with Crippen LogP contribution in [0, 0.1) is 6.92 Å². The van der Waals surface area contributed by atoms with E-state index in [1.807, 2.05) is 36.5 Å². The first-order chi connectivity index (χ1) is 9.74. The molecule has 0 saturated carbocycles. The Bertz CT molecular complexity index is 758. The van der Waals surface area contributed by atoms with Gasteiger partial charge in [0.05, 0.1) is 5.52 Å². The second kappa shape index (κ2) is 5.43. The molecule has 5 heteroatoms. The van der Waals surface area contributed by atoms with Gasteiger partial charge in [-0.15, -0.1) is 0 Å². The van der Waals surface area contributed by atoms with E-state index >= 15 is 0 Å². The number of rotatable bonds is 3. The number of hydrogen-bond acceptors (Lipinski definition) is 4. The van der Waals surface area contributed by atoms with E-state index in [-0.39, 0.29) is 5.28 Å². The summed E-state index contributed by atoms with van der Waals surface area (Å²) in [5.41, 5.74) is 3.15. The Morgan fingerprint density at radius 2 is 2.00 bits per heavy atom. The molecule has 3 rings (SSSR count). The molecule has 3 aromatic rings. The third-order valence-corrected chi connectivity index (χ3v) is 3.34. The quantitative estimate of drug-likeness (QED) is 0.747. The van der Waals surface area contributed by atoms with Gasteiger partial charge in [0, 0.05) is 24.3 Å². The molecule has 0 fully saturated rings. The van der Waals surface area contributed by atoms with Crippen molar-refractivity contribution in [2.24, 2.45) is 0 Å². The van der Waals surface area contributed by atoms with Crippen LogP contribution in [0.5, 0.6) is 0 Å². The minimum Gasteiger partial charge on any atom is -0.365 e. The molecule has 0 unspecified atom stereocenters. The third kappa shape index (κ3) is 2.56. The van der Waals surface area contributed by atoms with Crippen LogP contribution in [-0.4, -0.2) is 15.0 Å². The molecule has 0 radical (unpaired) electrons. The first kappa shape index (κ1) is 12.8. The van der Waals surface area contributed by atoms with Gasteiger partial charge in [-0.3, -0.25) is 4.98 Å². The summed E-state index contributed by atoms with van der Waals surface area (Å²) in [6.45, 7) is 2.71. The van der Waals surface area contributed by atoms with Crippen LogP contribution in [0.15, 0.2) is 42.7 Å². The minimum absolute atomic E-state index is 0.245. The van der Waals surface area contributed by atoms with Gasteiger partial charge in [-0.05, 0) is 47.9 Å². The first-order valence-corrected chi connectivity index (χ1v) is 6.67. The monoisotopic (exact) mass is 284 g/mol. The molecule has 2 aromatic heterocycles. The summed E-state index contributed by atoms with van der Waals surface area (Å²) >= 11 is 5.96. The van der Waals surface area contributed by atoms with Gasteiger partial charge in [-0.1, -0.05) is 12.1 Å². The van der Waals surface area contributed by atoms with Crippen LogP contribution in [0.3, 0.4) is 0 Å². The average Bonchev–Trinajstić information content (AvgIpc) is 2.46.